The van der Waals surface area contributed by atoms with Crippen LogP contribution in [0.3, 0.4) is 0 Å². The third kappa shape index (κ3) is 10.4. The molecular weight excluding hydrogens is 316 g/mol. The van der Waals surface area contributed by atoms with Crippen LogP contribution in [0.25, 0.3) is 0 Å². The van der Waals surface area contributed by atoms with E-state index in [0.29, 0.717) is 10.7 Å². The Morgan fingerprint density at radius 3 is 2.00 bits per heavy atom. The number of benzene rings is 1. The second kappa shape index (κ2) is 14.0. The Hall–Kier alpha value is -1.42. The maximum Gasteiger partial charge on any atom is 0.257 e. The van der Waals surface area contributed by atoms with Crippen LogP contribution in [-0.2, 0) is 0 Å². The average molecular weight is 349 g/mol. The number of carbonyl (C=O) groups excluding carboxylic acids is 1. The van der Waals surface area contributed by atoms with Crippen molar-refractivity contribution in [2.75, 3.05) is 6.54 Å². The lowest BCUT2D eigenvalue weighted by molar-refractivity contribution is 0.0976. The largest absolute Gasteiger partial charge is 0.362 e. The lowest BCUT2D eigenvalue weighted by Crippen LogP contribution is -2.39. The van der Waals surface area contributed by atoms with Crippen molar-refractivity contribution in [3.63, 3.8) is 0 Å². The average Bonchev–Trinajstić information content (AvgIpc) is 2.60. The summed E-state index contributed by atoms with van der Waals surface area (Å²) in [7, 11) is 0. The molecule has 0 fully saturated rings. The number of nitrogens with one attached hydrogen (secondary N) is 2. The molecule has 1 rings (SSSR count). The van der Waals surface area contributed by atoms with Crippen LogP contribution in [0.5, 0.6) is 0 Å². The van der Waals surface area contributed by atoms with Gasteiger partial charge in [0.2, 0.25) is 0 Å². The van der Waals surface area contributed by atoms with Crippen molar-refractivity contribution in [2.45, 2.75) is 71.1 Å². The number of thiocarbonyl (C=S) groups is 1. The molecule has 1 aromatic carbocycles. The van der Waals surface area contributed by atoms with E-state index in [2.05, 4.69) is 17.6 Å². The molecule has 134 valence electrons. The summed E-state index contributed by atoms with van der Waals surface area (Å²) in [5, 5.41) is 6.24. The molecule has 24 heavy (non-hydrogen) atoms. The van der Waals surface area contributed by atoms with Crippen LogP contribution in [0, 0.1) is 0 Å². The molecule has 1 amide bonds. The number of carbonyl (C=O) groups is 1. The van der Waals surface area contributed by atoms with E-state index in [-0.39, 0.29) is 5.91 Å². The Balaban J connectivity index is 1.94. The Kier molecular flexibility index (Phi) is 12.0. The van der Waals surface area contributed by atoms with Gasteiger partial charge in [0.1, 0.15) is 0 Å². The molecule has 3 nitrogen and oxygen atoms in total. The molecule has 0 saturated heterocycles. The summed E-state index contributed by atoms with van der Waals surface area (Å²) in [5.74, 6) is -0.156. The highest BCUT2D eigenvalue weighted by atomic mass is 32.1. The summed E-state index contributed by atoms with van der Waals surface area (Å²) in [6.45, 7) is 3.08. The van der Waals surface area contributed by atoms with Gasteiger partial charge in [-0.05, 0) is 30.8 Å². The monoisotopic (exact) mass is 348 g/mol. The first-order valence-corrected chi connectivity index (χ1v) is 9.79. The summed E-state index contributed by atoms with van der Waals surface area (Å²) in [5.41, 5.74) is 0.626. The van der Waals surface area contributed by atoms with Gasteiger partial charge in [0, 0.05) is 12.1 Å². The molecular formula is C20H32N2OS. The minimum atomic E-state index is -0.156. The molecule has 0 aliphatic carbocycles. The van der Waals surface area contributed by atoms with Gasteiger partial charge in [0.15, 0.2) is 5.11 Å². The predicted molar refractivity (Wildman–Crippen MR) is 106 cm³/mol. The minimum Gasteiger partial charge on any atom is -0.362 e. The molecule has 0 aliphatic heterocycles. The quantitative estimate of drug-likeness (QED) is 0.402. The van der Waals surface area contributed by atoms with Gasteiger partial charge < -0.3 is 5.32 Å². The zero-order valence-electron chi connectivity index (χ0n) is 15.0. The fourth-order valence-electron chi connectivity index (χ4n) is 2.62. The van der Waals surface area contributed by atoms with E-state index in [1.165, 1.54) is 57.8 Å². The van der Waals surface area contributed by atoms with Crippen LogP contribution in [0.15, 0.2) is 30.3 Å². The maximum atomic E-state index is 11.9. The third-order valence-corrected chi connectivity index (χ3v) is 4.33. The Bertz CT molecular complexity index is 462. The van der Waals surface area contributed by atoms with E-state index in [1.807, 2.05) is 18.2 Å². The standard InChI is InChI=1S/C20H32N2OS/c1-2-3-4-5-6-7-8-9-10-14-17-21-20(24)22-19(23)18-15-12-11-13-16-18/h11-13,15-16H,2-10,14,17H2,1H3,(H2,21,22,23,24). The molecule has 0 spiro atoms. The van der Waals surface area contributed by atoms with Crippen LogP contribution in [0.1, 0.15) is 81.5 Å². The topological polar surface area (TPSA) is 41.1 Å². The van der Waals surface area contributed by atoms with Crippen molar-refractivity contribution in [1.29, 1.82) is 0 Å². The summed E-state index contributed by atoms with van der Waals surface area (Å²) in [6.07, 6.45) is 13.2. The first-order valence-electron chi connectivity index (χ1n) is 9.38. The van der Waals surface area contributed by atoms with Crippen molar-refractivity contribution in [3.8, 4) is 0 Å². The van der Waals surface area contributed by atoms with Crippen molar-refractivity contribution in [1.82, 2.24) is 10.6 Å². The van der Waals surface area contributed by atoms with E-state index >= 15 is 0 Å². The summed E-state index contributed by atoms with van der Waals surface area (Å²) < 4.78 is 0. The predicted octanol–water partition coefficient (Wildman–Crippen LogP) is 5.21. The van der Waals surface area contributed by atoms with Crippen molar-refractivity contribution in [2.24, 2.45) is 0 Å². The first-order chi connectivity index (χ1) is 11.7. The fraction of sp³-hybridized carbons (Fsp3) is 0.600. The number of hydrogen-bond acceptors (Lipinski definition) is 2. The van der Waals surface area contributed by atoms with E-state index in [4.69, 9.17) is 12.2 Å². The van der Waals surface area contributed by atoms with E-state index < -0.39 is 0 Å². The molecule has 0 saturated carbocycles. The van der Waals surface area contributed by atoms with Crippen LogP contribution >= 0.6 is 12.2 Å². The van der Waals surface area contributed by atoms with Gasteiger partial charge in [-0.3, -0.25) is 10.1 Å². The lowest BCUT2D eigenvalue weighted by atomic mass is 10.1. The Morgan fingerprint density at radius 1 is 0.875 bits per heavy atom. The molecule has 0 heterocycles. The maximum absolute atomic E-state index is 11.9. The van der Waals surface area contributed by atoms with E-state index in [9.17, 15) is 4.79 Å². The summed E-state index contributed by atoms with van der Waals surface area (Å²) >= 11 is 5.16. The highest BCUT2D eigenvalue weighted by Crippen LogP contribution is 2.10. The van der Waals surface area contributed by atoms with Gasteiger partial charge in [-0.15, -0.1) is 0 Å². The van der Waals surface area contributed by atoms with Crippen LogP contribution < -0.4 is 10.6 Å². The summed E-state index contributed by atoms with van der Waals surface area (Å²) in [4.78, 5) is 11.9. The zero-order chi connectivity index (χ0) is 17.5. The van der Waals surface area contributed by atoms with Gasteiger partial charge in [0.25, 0.3) is 5.91 Å². The fourth-order valence-corrected chi connectivity index (χ4v) is 2.82. The smallest absolute Gasteiger partial charge is 0.257 e. The van der Waals surface area contributed by atoms with Crippen LogP contribution in [0.4, 0.5) is 0 Å². The minimum absolute atomic E-state index is 0.156. The van der Waals surface area contributed by atoms with Gasteiger partial charge in [-0.2, -0.15) is 0 Å². The van der Waals surface area contributed by atoms with Gasteiger partial charge in [0.05, 0.1) is 0 Å². The molecule has 1 aromatic rings. The number of hydrogen-bond donors (Lipinski definition) is 2. The van der Waals surface area contributed by atoms with Gasteiger partial charge >= 0.3 is 0 Å². The van der Waals surface area contributed by atoms with Crippen LogP contribution in [0.2, 0.25) is 0 Å². The number of amides is 1. The molecule has 0 radical (unpaired) electrons. The van der Waals surface area contributed by atoms with Crippen molar-refractivity contribution in [3.05, 3.63) is 35.9 Å². The Labute approximate surface area is 152 Å². The van der Waals surface area contributed by atoms with Crippen molar-refractivity contribution >= 4 is 23.2 Å². The molecule has 4 heteroatoms. The molecule has 0 aliphatic rings. The van der Waals surface area contributed by atoms with E-state index in [1.54, 1.807) is 12.1 Å². The normalized spacial score (nSPS) is 10.4. The number of rotatable bonds is 12. The molecule has 0 unspecified atom stereocenters. The zero-order valence-corrected chi connectivity index (χ0v) is 15.8. The second-order valence-electron chi connectivity index (χ2n) is 6.26. The second-order valence-corrected chi connectivity index (χ2v) is 6.67. The molecule has 2 N–H and O–H groups in total. The SMILES string of the molecule is CCCCCCCCCCCCNC(=S)NC(=O)c1ccccc1. The first kappa shape index (κ1) is 20.6. The van der Waals surface area contributed by atoms with Crippen molar-refractivity contribution < 1.29 is 4.79 Å². The van der Waals surface area contributed by atoms with E-state index in [0.717, 1.165) is 13.0 Å². The van der Waals surface area contributed by atoms with Gasteiger partial charge in [-0.1, -0.05) is 82.9 Å². The Morgan fingerprint density at radius 2 is 1.42 bits per heavy atom. The highest BCUT2D eigenvalue weighted by Gasteiger charge is 2.06. The van der Waals surface area contributed by atoms with Gasteiger partial charge in [-0.25, -0.2) is 0 Å². The number of unbranched alkanes of at least 4 members (excludes halogenated alkanes) is 9. The highest BCUT2D eigenvalue weighted by molar-refractivity contribution is 7.80. The third-order valence-electron chi connectivity index (χ3n) is 4.08. The molecule has 0 atom stereocenters. The lowest BCUT2D eigenvalue weighted by Gasteiger charge is -2.09. The summed E-state index contributed by atoms with van der Waals surface area (Å²) in [6, 6.07) is 9.13. The molecule has 0 aromatic heterocycles. The van der Waals surface area contributed by atoms with Crippen LogP contribution in [-0.4, -0.2) is 17.6 Å². The molecule has 0 bridgehead atoms.